The molecule has 0 radical (unpaired) electrons. The highest BCUT2D eigenvalue weighted by Gasteiger charge is 2.20. The molecule has 0 aliphatic rings. The van der Waals surface area contributed by atoms with Gasteiger partial charge in [0.05, 0.1) is 4.90 Å². The Morgan fingerprint density at radius 3 is 2.39 bits per heavy atom. The van der Waals surface area contributed by atoms with Gasteiger partial charge in [-0.05, 0) is 39.0 Å². The molecule has 0 amide bonds. The van der Waals surface area contributed by atoms with Gasteiger partial charge >= 0.3 is 0 Å². The maximum atomic E-state index is 12.1. The lowest BCUT2D eigenvalue weighted by atomic mass is 9.98. The number of nitrogens with one attached hydrogen (secondary N) is 1. The van der Waals surface area contributed by atoms with Crippen LogP contribution in [-0.4, -0.2) is 15.0 Å². The van der Waals surface area contributed by atoms with Crippen LogP contribution in [0.2, 0.25) is 0 Å². The smallest absolute Gasteiger partial charge is 0.241 e. The van der Waals surface area contributed by atoms with E-state index in [-0.39, 0.29) is 10.3 Å². The average molecular weight is 335 g/mol. The van der Waals surface area contributed by atoms with Gasteiger partial charge in [0.25, 0.3) is 0 Å². The first kappa shape index (κ1) is 15.6. The van der Waals surface area contributed by atoms with Crippen LogP contribution in [0.3, 0.4) is 0 Å². The Hall–Kier alpha value is -0.430. The van der Waals surface area contributed by atoms with E-state index in [1.807, 2.05) is 20.8 Å². The normalized spacial score (nSPS) is 12.7. The van der Waals surface area contributed by atoms with Crippen LogP contribution in [0.15, 0.2) is 27.6 Å². The van der Waals surface area contributed by atoms with Crippen LogP contribution in [-0.2, 0) is 16.6 Å². The fraction of sp³-hybridized carbons (Fsp3) is 0.500. The lowest BCUT2D eigenvalue weighted by Crippen LogP contribution is -2.32. The molecule has 1 aromatic rings. The van der Waals surface area contributed by atoms with Crippen LogP contribution in [0.4, 0.5) is 0 Å². The zero-order chi connectivity index (χ0) is 14.0. The number of hydrogen-bond acceptors (Lipinski definition) is 3. The number of hydrogen-bond donors (Lipinski definition) is 2. The second-order valence-electron chi connectivity index (χ2n) is 5.35. The summed E-state index contributed by atoms with van der Waals surface area (Å²) < 4.78 is 27.4. The largest absolute Gasteiger partial charge is 0.326 e. The summed E-state index contributed by atoms with van der Waals surface area (Å²) in [6.07, 6.45) is 0. The summed E-state index contributed by atoms with van der Waals surface area (Å²) in [4.78, 5) is 0.240. The van der Waals surface area contributed by atoms with Crippen LogP contribution in [0.25, 0.3) is 0 Å². The third-order valence-corrected chi connectivity index (χ3v) is 4.69. The van der Waals surface area contributed by atoms with E-state index in [4.69, 9.17) is 5.73 Å². The van der Waals surface area contributed by atoms with Crippen LogP contribution in [0.1, 0.15) is 26.3 Å². The van der Waals surface area contributed by atoms with Crippen LogP contribution in [0, 0.1) is 5.41 Å². The van der Waals surface area contributed by atoms with Crippen molar-refractivity contribution in [1.82, 2.24) is 4.72 Å². The summed E-state index contributed by atoms with van der Waals surface area (Å²) in [5.74, 6) is 0. The molecule has 0 spiro atoms. The zero-order valence-electron chi connectivity index (χ0n) is 10.8. The van der Waals surface area contributed by atoms with Crippen molar-refractivity contribution in [3.8, 4) is 0 Å². The van der Waals surface area contributed by atoms with Gasteiger partial charge in [-0.2, -0.15) is 0 Å². The Morgan fingerprint density at radius 2 is 1.94 bits per heavy atom. The van der Waals surface area contributed by atoms with Crippen LogP contribution < -0.4 is 10.5 Å². The van der Waals surface area contributed by atoms with Gasteiger partial charge in [0, 0.05) is 17.6 Å². The van der Waals surface area contributed by atoms with Gasteiger partial charge < -0.3 is 5.73 Å². The maximum absolute atomic E-state index is 12.1. The summed E-state index contributed by atoms with van der Waals surface area (Å²) in [5, 5.41) is 0. The fourth-order valence-corrected chi connectivity index (χ4v) is 3.69. The molecule has 0 saturated carbocycles. The van der Waals surface area contributed by atoms with E-state index in [9.17, 15) is 8.42 Å². The summed E-state index contributed by atoms with van der Waals surface area (Å²) in [7, 11) is -3.49. The Bertz CT molecular complexity index is 521. The minimum atomic E-state index is -3.49. The lowest BCUT2D eigenvalue weighted by molar-refractivity contribution is 0.407. The van der Waals surface area contributed by atoms with E-state index in [1.165, 1.54) is 0 Å². The molecule has 0 unspecified atom stereocenters. The molecule has 0 fully saturated rings. The Kier molecular flexibility index (Phi) is 4.94. The molecule has 1 aromatic carbocycles. The third kappa shape index (κ3) is 4.35. The molecule has 0 aliphatic carbocycles. The first-order chi connectivity index (χ1) is 8.15. The van der Waals surface area contributed by atoms with Crippen LogP contribution in [0.5, 0.6) is 0 Å². The Labute approximate surface area is 117 Å². The summed E-state index contributed by atoms with van der Waals surface area (Å²) >= 11 is 3.27. The summed E-state index contributed by atoms with van der Waals surface area (Å²) in [6, 6.07) is 5.01. The van der Waals surface area contributed by atoms with Gasteiger partial charge in [0.15, 0.2) is 0 Å². The zero-order valence-corrected chi connectivity index (χ0v) is 13.2. The number of halogens is 1. The molecule has 6 heteroatoms. The molecule has 0 heterocycles. The highest BCUT2D eigenvalue weighted by molar-refractivity contribution is 9.10. The highest BCUT2D eigenvalue weighted by atomic mass is 79.9. The topological polar surface area (TPSA) is 72.2 Å². The van der Waals surface area contributed by atoms with Gasteiger partial charge in [-0.25, -0.2) is 13.1 Å². The predicted molar refractivity (Wildman–Crippen MR) is 76.7 cm³/mol. The minimum absolute atomic E-state index is 0.100. The molecule has 3 N–H and O–H groups in total. The number of benzene rings is 1. The summed E-state index contributed by atoms with van der Waals surface area (Å²) in [5.41, 5.74) is 6.29. The van der Waals surface area contributed by atoms with Gasteiger partial charge in [0.2, 0.25) is 10.0 Å². The molecule has 4 nitrogen and oxygen atoms in total. The molecule has 0 saturated heterocycles. The monoisotopic (exact) mass is 334 g/mol. The SMILES string of the molecule is CC(C)(C)CNS(=O)(=O)c1ccc(CN)cc1Br. The van der Waals surface area contributed by atoms with E-state index >= 15 is 0 Å². The second kappa shape index (κ2) is 5.69. The van der Waals surface area contributed by atoms with Crippen molar-refractivity contribution in [3.63, 3.8) is 0 Å². The minimum Gasteiger partial charge on any atom is -0.326 e. The quantitative estimate of drug-likeness (QED) is 0.886. The predicted octanol–water partition coefficient (Wildman–Crippen LogP) is 2.23. The van der Waals surface area contributed by atoms with E-state index in [0.717, 1.165) is 5.56 Å². The van der Waals surface area contributed by atoms with Crippen molar-refractivity contribution in [1.29, 1.82) is 0 Å². The lowest BCUT2D eigenvalue weighted by Gasteiger charge is -2.19. The third-order valence-electron chi connectivity index (χ3n) is 2.31. The van der Waals surface area contributed by atoms with E-state index < -0.39 is 10.0 Å². The van der Waals surface area contributed by atoms with E-state index in [1.54, 1.807) is 18.2 Å². The molecule has 0 atom stereocenters. The first-order valence-electron chi connectivity index (χ1n) is 5.64. The summed E-state index contributed by atoms with van der Waals surface area (Å²) in [6.45, 7) is 6.70. The van der Waals surface area contributed by atoms with Crippen molar-refractivity contribution in [2.75, 3.05) is 6.54 Å². The molecular formula is C12H19BrN2O2S. The Balaban J connectivity index is 2.99. The molecule has 0 aliphatic heterocycles. The van der Waals surface area contributed by atoms with Gasteiger partial charge in [-0.1, -0.05) is 26.8 Å². The van der Waals surface area contributed by atoms with E-state index in [0.29, 0.717) is 17.6 Å². The van der Waals surface area contributed by atoms with Gasteiger partial charge in [-0.3, -0.25) is 0 Å². The average Bonchev–Trinajstić information content (AvgIpc) is 2.25. The molecule has 18 heavy (non-hydrogen) atoms. The maximum Gasteiger partial charge on any atom is 0.241 e. The molecule has 102 valence electrons. The number of rotatable bonds is 4. The van der Waals surface area contributed by atoms with Crippen molar-refractivity contribution in [2.45, 2.75) is 32.2 Å². The fourth-order valence-electron chi connectivity index (χ4n) is 1.28. The molecule has 0 aromatic heterocycles. The van der Waals surface area contributed by atoms with Crippen molar-refractivity contribution in [2.24, 2.45) is 11.1 Å². The van der Waals surface area contributed by atoms with Crippen molar-refractivity contribution < 1.29 is 8.42 Å². The number of sulfonamides is 1. The molecule has 0 bridgehead atoms. The molecule has 1 rings (SSSR count). The molecular weight excluding hydrogens is 316 g/mol. The van der Waals surface area contributed by atoms with Crippen molar-refractivity contribution >= 4 is 26.0 Å². The van der Waals surface area contributed by atoms with E-state index in [2.05, 4.69) is 20.7 Å². The number of nitrogens with two attached hydrogens (primary N) is 1. The van der Waals surface area contributed by atoms with Gasteiger partial charge in [-0.15, -0.1) is 0 Å². The van der Waals surface area contributed by atoms with Crippen LogP contribution >= 0.6 is 15.9 Å². The van der Waals surface area contributed by atoms with Gasteiger partial charge in [0.1, 0.15) is 0 Å². The highest BCUT2D eigenvalue weighted by Crippen LogP contribution is 2.23. The first-order valence-corrected chi connectivity index (χ1v) is 7.91. The van der Waals surface area contributed by atoms with Crippen molar-refractivity contribution in [3.05, 3.63) is 28.2 Å². The second-order valence-corrected chi connectivity index (χ2v) is 7.94. The standard InChI is InChI=1S/C12H19BrN2O2S/c1-12(2,3)8-15-18(16,17)11-5-4-9(7-14)6-10(11)13/h4-6,15H,7-8,14H2,1-3H3. The Morgan fingerprint density at radius 1 is 1.33 bits per heavy atom.